The van der Waals surface area contributed by atoms with Crippen molar-refractivity contribution in [2.24, 2.45) is 5.92 Å². The minimum Gasteiger partial charge on any atom is -0.497 e. The minimum absolute atomic E-state index is 0.0440. The Morgan fingerprint density at radius 2 is 2.17 bits per heavy atom. The van der Waals surface area contributed by atoms with Gasteiger partial charge in [-0.2, -0.15) is 0 Å². The van der Waals surface area contributed by atoms with E-state index < -0.39 is 5.97 Å². The summed E-state index contributed by atoms with van der Waals surface area (Å²) in [4.78, 5) is 25.7. The third kappa shape index (κ3) is 3.71. The molecule has 0 bridgehead atoms. The van der Waals surface area contributed by atoms with Gasteiger partial charge in [0.2, 0.25) is 5.91 Å². The minimum atomic E-state index is -0.784. The molecule has 1 amide bonds. The van der Waals surface area contributed by atoms with Crippen LogP contribution in [0.4, 0.5) is 0 Å². The zero-order chi connectivity index (χ0) is 17.1. The van der Waals surface area contributed by atoms with Crippen LogP contribution in [0, 0.1) is 5.92 Å². The highest BCUT2D eigenvalue weighted by Gasteiger charge is 2.47. The summed E-state index contributed by atoms with van der Waals surface area (Å²) in [6.07, 6.45) is 4.61. The Hall–Kier alpha value is -2.04. The average Bonchev–Trinajstić information content (AvgIpc) is 3.40. The number of hydrogen-bond donors (Lipinski definition) is 1. The Morgan fingerprint density at radius 3 is 2.92 bits per heavy atom. The Bertz CT molecular complexity index is 615. The van der Waals surface area contributed by atoms with Gasteiger partial charge in [-0.15, -0.1) is 0 Å². The van der Waals surface area contributed by atoms with Crippen LogP contribution in [0.5, 0.6) is 5.75 Å². The van der Waals surface area contributed by atoms with Crippen molar-refractivity contribution < 1.29 is 19.4 Å². The fraction of sp³-hybridized carbons (Fsp3) is 0.579. The van der Waals surface area contributed by atoms with Crippen molar-refractivity contribution in [1.82, 2.24) is 4.90 Å². The Balaban J connectivity index is 1.64. The number of carboxylic acids is 1. The van der Waals surface area contributed by atoms with Crippen molar-refractivity contribution >= 4 is 11.9 Å². The molecular formula is C19H25NO4. The summed E-state index contributed by atoms with van der Waals surface area (Å²) >= 11 is 0. The zero-order valence-electron chi connectivity index (χ0n) is 14.1. The summed E-state index contributed by atoms with van der Waals surface area (Å²) in [5.74, 6) is 0.562. The van der Waals surface area contributed by atoms with E-state index in [1.807, 2.05) is 23.1 Å². The van der Waals surface area contributed by atoms with E-state index in [9.17, 15) is 9.59 Å². The van der Waals surface area contributed by atoms with Gasteiger partial charge in [0.05, 0.1) is 7.11 Å². The van der Waals surface area contributed by atoms with Gasteiger partial charge in [0.1, 0.15) is 5.75 Å². The number of likely N-dealkylation sites (tertiary alicyclic amines) is 1. The second-order valence-corrected chi connectivity index (χ2v) is 6.84. The van der Waals surface area contributed by atoms with Crippen molar-refractivity contribution in [1.29, 1.82) is 0 Å². The van der Waals surface area contributed by atoms with E-state index >= 15 is 0 Å². The quantitative estimate of drug-likeness (QED) is 0.870. The molecule has 1 N–H and O–H groups in total. The summed E-state index contributed by atoms with van der Waals surface area (Å²) in [7, 11) is 1.65. The van der Waals surface area contributed by atoms with Gasteiger partial charge in [0.25, 0.3) is 0 Å². The normalized spacial score (nSPS) is 26.0. The Labute approximate surface area is 142 Å². The molecule has 3 atom stereocenters. The lowest BCUT2D eigenvalue weighted by Crippen LogP contribution is -2.44. The highest BCUT2D eigenvalue weighted by Crippen LogP contribution is 2.49. The molecule has 0 spiro atoms. The molecule has 2 aliphatic rings. The largest absolute Gasteiger partial charge is 0.497 e. The van der Waals surface area contributed by atoms with Crippen molar-refractivity contribution in [3.63, 3.8) is 0 Å². The molecule has 130 valence electrons. The maximum Gasteiger partial charge on any atom is 0.303 e. The van der Waals surface area contributed by atoms with Crippen LogP contribution < -0.4 is 4.74 Å². The third-order valence-electron chi connectivity index (χ3n) is 5.23. The van der Waals surface area contributed by atoms with Crippen LogP contribution in [-0.4, -0.2) is 41.6 Å². The van der Waals surface area contributed by atoms with E-state index in [1.54, 1.807) is 7.11 Å². The van der Waals surface area contributed by atoms with E-state index in [-0.39, 0.29) is 30.2 Å². The smallest absolute Gasteiger partial charge is 0.303 e. The van der Waals surface area contributed by atoms with E-state index in [0.717, 1.165) is 43.5 Å². The van der Waals surface area contributed by atoms with Crippen LogP contribution in [-0.2, 0) is 9.59 Å². The number of carbonyl (C=O) groups is 2. The van der Waals surface area contributed by atoms with Gasteiger partial charge in [0.15, 0.2) is 0 Å². The monoisotopic (exact) mass is 331 g/mol. The van der Waals surface area contributed by atoms with Crippen molar-refractivity contribution in [3.8, 4) is 5.75 Å². The fourth-order valence-corrected chi connectivity index (χ4v) is 3.80. The van der Waals surface area contributed by atoms with Gasteiger partial charge in [0, 0.05) is 24.9 Å². The summed E-state index contributed by atoms with van der Waals surface area (Å²) in [6.45, 7) is 0.768. The van der Waals surface area contributed by atoms with Gasteiger partial charge in [-0.1, -0.05) is 12.1 Å². The highest BCUT2D eigenvalue weighted by molar-refractivity contribution is 5.83. The van der Waals surface area contributed by atoms with Gasteiger partial charge in [-0.05, 0) is 55.7 Å². The first-order valence-corrected chi connectivity index (χ1v) is 8.76. The number of carboxylic acid groups (broad SMARTS) is 1. The molecule has 5 heteroatoms. The molecule has 1 heterocycles. The molecule has 0 aromatic heterocycles. The molecule has 0 unspecified atom stereocenters. The first kappa shape index (κ1) is 16.8. The first-order chi connectivity index (χ1) is 11.6. The summed E-state index contributed by atoms with van der Waals surface area (Å²) in [5, 5.41) is 8.92. The second kappa shape index (κ2) is 7.24. The maximum absolute atomic E-state index is 12.9. The third-order valence-corrected chi connectivity index (χ3v) is 5.23. The van der Waals surface area contributed by atoms with Crippen LogP contribution in [0.15, 0.2) is 24.3 Å². The van der Waals surface area contributed by atoms with Crippen LogP contribution in [0.25, 0.3) is 0 Å². The van der Waals surface area contributed by atoms with E-state index in [0.29, 0.717) is 6.42 Å². The molecule has 5 nitrogen and oxygen atoms in total. The molecule has 2 fully saturated rings. The molecule has 3 rings (SSSR count). The zero-order valence-corrected chi connectivity index (χ0v) is 14.1. The Morgan fingerprint density at radius 1 is 1.33 bits per heavy atom. The van der Waals surface area contributed by atoms with Gasteiger partial charge in [-0.3, -0.25) is 9.59 Å². The fourth-order valence-electron chi connectivity index (χ4n) is 3.80. The van der Waals surface area contributed by atoms with Crippen LogP contribution in [0.2, 0.25) is 0 Å². The number of hydrogen-bond acceptors (Lipinski definition) is 3. The lowest BCUT2D eigenvalue weighted by atomic mass is 9.97. The van der Waals surface area contributed by atoms with Crippen molar-refractivity contribution in [2.75, 3.05) is 13.7 Å². The number of ether oxygens (including phenoxy) is 1. The topological polar surface area (TPSA) is 66.8 Å². The van der Waals surface area contributed by atoms with Crippen LogP contribution in [0.3, 0.4) is 0 Å². The molecule has 24 heavy (non-hydrogen) atoms. The van der Waals surface area contributed by atoms with Crippen molar-refractivity contribution in [2.45, 2.75) is 50.5 Å². The number of rotatable bonds is 6. The number of aliphatic carboxylic acids is 1. The number of methoxy groups -OCH3 is 1. The van der Waals surface area contributed by atoms with Crippen molar-refractivity contribution in [3.05, 3.63) is 29.8 Å². The number of nitrogens with zero attached hydrogens (tertiary/aromatic N) is 1. The van der Waals surface area contributed by atoms with E-state index in [2.05, 4.69) is 6.07 Å². The highest BCUT2D eigenvalue weighted by atomic mass is 16.5. The number of carbonyl (C=O) groups excluding carboxylic acids is 1. The average molecular weight is 331 g/mol. The number of piperidine rings is 1. The van der Waals surface area contributed by atoms with E-state index in [1.165, 1.54) is 0 Å². The molecule has 1 aromatic carbocycles. The molecule has 1 aliphatic carbocycles. The lowest BCUT2D eigenvalue weighted by molar-refractivity contribution is -0.140. The van der Waals surface area contributed by atoms with Gasteiger partial charge in [-0.25, -0.2) is 0 Å². The summed E-state index contributed by atoms with van der Waals surface area (Å²) in [6, 6.07) is 8.03. The molecule has 1 aromatic rings. The van der Waals surface area contributed by atoms with Gasteiger partial charge < -0.3 is 14.7 Å². The standard InChI is InChI=1S/C19H25NO4/c1-24-15-7-4-5-13(11-15)16-12-17(16)19(23)20-10-3-2-6-14(20)8-9-18(21)22/h4-5,7,11,14,16-17H,2-3,6,8-10,12H2,1H3,(H,21,22)/t14-,16+,17-/m1/s1. The van der Waals surface area contributed by atoms with Gasteiger partial charge >= 0.3 is 5.97 Å². The SMILES string of the molecule is COc1cccc([C@@H]2C[C@H]2C(=O)N2CCCC[C@@H]2CCC(=O)O)c1. The molecule has 1 saturated carbocycles. The lowest BCUT2D eigenvalue weighted by Gasteiger charge is -2.36. The summed E-state index contributed by atoms with van der Waals surface area (Å²) < 4.78 is 5.27. The second-order valence-electron chi connectivity index (χ2n) is 6.84. The van der Waals surface area contributed by atoms with Crippen LogP contribution >= 0.6 is 0 Å². The molecular weight excluding hydrogens is 306 g/mol. The number of amides is 1. The predicted molar refractivity (Wildman–Crippen MR) is 90.1 cm³/mol. The maximum atomic E-state index is 12.9. The first-order valence-electron chi connectivity index (χ1n) is 8.76. The molecule has 1 saturated heterocycles. The van der Waals surface area contributed by atoms with E-state index in [4.69, 9.17) is 9.84 Å². The van der Waals surface area contributed by atoms with Crippen LogP contribution in [0.1, 0.15) is 50.0 Å². The molecule has 0 radical (unpaired) electrons. The Kier molecular flexibility index (Phi) is 5.07. The number of benzene rings is 1. The summed E-state index contributed by atoms with van der Waals surface area (Å²) in [5.41, 5.74) is 1.16. The molecule has 1 aliphatic heterocycles. The predicted octanol–water partition coefficient (Wildman–Crippen LogP) is 3.04.